The van der Waals surface area contributed by atoms with Crippen molar-refractivity contribution in [2.24, 2.45) is 0 Å². The van der Waals surface area contributed by atoms with Crippen molar-refractivity contribution in [3.8, 4) is 0 Å². The van der Waals surface area contributed by atoms with Crippen LogP contribution in [0.15, 0.2) is 24.3 Å². The minimum Gasteiger partial charge on any atom is -0.459 e. The number of fused-ring (bicyclic) bond motifs is 1. The number of hydrogen-bond donors (Lipinski definition) is 0. The average molecular weight is 194 g/mol. The van der Waals surface area contributed by atoms with Gasteiger partial charge in [0.25, 0.3) is 0 Å². The van der Waals surface area contributed by atoms with Crippen molar-refractivity contribution >= 4 is 5.97 Å². The van der Waals surface area contributed by atoms with E-state index in [2.05, 4.69) is 0 Å². The maximum atomic E-state index is 13.7. The summed E-state index contributed by atoms with van der Waals surface area (Å²) in [6.07, 6.45) is -1.32. The van der Waals surface area contributed by atoms with Gasteiger partial charge in [0, 0.05) is 13.3 Å². The van der Waals surface area contributed by atoms with Crippen molar-refractivity contribution in [2.45, 2.75) is 25.6 Å². The first kappa shape index (κ1) is 9.19. The van der Waals surface area contributed by atoms with Crippen LogP contribution in [-0.2, 0) is 16.0 Å². The molecule has 0 N–H and O–H groups in total. The van der Waals surface area contributed by atoms with Gasteiger partial charge in [-0.3, -0.25) is 4.79 Å². The molecule has 0 aliphatic heterocycles. The van der Waals surface area contributed by atoms with Crippen LogP contribution in [0.1, 0.15) is 24.2 Å². The van der Waals surface area contributed by atoms with E-state index >= 15 is 0 Å². The van der Waals surface area contributed by atoms with E-state index < -0.39 is 18.2 Å². The first-order chi connectivity index (χ1) is 6.68. The van der Waals surface area contributed by atoms with Gasteiger partial charge in [0.1, 0.15) is 6.10 Å². The molecule has 0 bridgehead atoms. The van der Waals surface area contributed by atoms with E-state index in [4.69, 9.17) is 4.74 Å². The SMILES string of the molecule is CC(=O)OC1Cc2ccccc2C1F. The fraction of sp³-hybridized carbons (Fsp3) is 0.364. The zero-order valence-electron chi connectivity index (χ0n) is 7.87. The Hall–Kier alpha value is -1.38. The van der Waals surface area contributed by atoms with Crippen LogP contribution in [0.5, 0.6) is 0 Å². The van der Waals surface area contributed by atoms with Gasteiger partial charge in [-0.2, -0.15) is 0 Å². The molecule has 1 aliphatic rings. The van der Waals surface area contributed by atoms with E-state index in [0.717, 1.165) is 5.56 Å². The quantitative estimate of drug-likeness (QED) is 0.640. The lowest BCUT2D eigenvalue weighted by Gasteiger charge is -2.12. The third kappa shape index (κ3) is 1.50. The van der Waals surface area contributed by atoms with E-state index in [9.17, 15) is 9.18 Å². The normalized spacial score (nSPS) is 24.4. The Morgan fingerprint density at radius 2 is 2.21 bits per heavy atom. The van der Waals surface area contributed by atoms with E-state index in [1.807, 2.05) is 12.1 Å². The summed E-state index contributed by atoms with van der Waals surface area (Å²) in [5, 5.41) is 0. The molecule has 0 fully saturated rings. The number of hydrogen-bond acceptors (Lipinski definition) is 2. The molecule has 2 atom stereocenters. The van der Waals surface area contributed by atoms with Crippen LogP contribution in [0, 0.1) is 0 Å². The Morgan fingerprint density at radius 3 is 2.86 bits per heavy atom. The molecule has 0 amide bonds. The van der Waals surface area contributed by atoms with Crippen molar-refractivity contribution in [3.63, 3.8) is 0 Å². The van der Waals surface area contributed by atoms with Gasteiger partial charge in [0.05, 0.1) is 0 Å². The second-order valence-corrected chi connectivity index (χ2v) is 3.45. The summed E-state index contributed by atoms with van der Waals surface area (Å²) >= 11 is 0. The molecule has 0 radical (unpaired) electrons. The molecule has 0 heterocycles. The summed E-state index contributed by atoms with van der Waals surface area (Å²) in [7, 11) is 0. The molecule has 0 aromatic heterocycles. The molecule has 1 aromatic carbocycles. The van der Waals surface area contributed by atoms with Gasteiger partial charge in [-0.05, 0) is 11.1 Å². The molecule has 1 aromatic rings. The zero-order valence-corrected chi connectivity index (χ0v) is 7.87. The fourth-order valence-corrected chi connectivity index (χ4v) is 1.82. The topological polar surface area (TPSA) is 26.3 Å². The highest BCUT2D eigenvalue weighted by Gasteiger charge is 2.34. The second kappa shape index (κ2) is 3.40. The Kier molecular flexibility index (Phi) is 2.23. The summed E-state index contributed by atoms with van der Waals surface area (Å²) in [6.45, 7) is 1.30. The van der Waals surface area contributed by atoms with Crippen LogP contribution in [0.25, 0.3) is 0 Å². The summed E-state index contributed by atoms with van der Waals surface area (Å²) in [5.74, 6) is -0.426. The second-order valence-electron chi connectivity index (χ2n) is 3.45. The summed E-state index contributed by atoms with van der Waals surface area (Å²) in [4.78, 5) is 10.7. The van der Waals surface area contributed by atoms with Crippen LogP contribution in [0.3, 0.4) is 0 Å². The number of benzene rings is 1. The number of halogens is 1. The summed E-state index contributed by atoms with van der Waals surface area (Å²) in [5.41, 5.74) is 1.59. The minimum atomic E-state index is -1.17. The third-order valence-corrected chi connectivity index (χ3v) is 2.42. The van der Waals surface area contributed by atoms with Crippen molar-refractivity contribution in [1.82, 2.24) is 0 Å². The molecular weight excluding hydrogens is 183 g/mol. The Labute approximate surface area is 81.7 Å². The van der Waals surface area contributed by atoms with Crippen molar-refractivity contribution in [3.05, 3.63) is 35.4 Å². The van der Waals surface area contributed by atoms with E-state index in [-0.39, 0.29) is 0 Å². The lowest BCUT2D eigenvalue weighted by molar-refractivity contribution is -0.149. The van der Waals surface area contributed by atoms with Gasteiger partial charge < -0.3 is 4.74 Å². The fourth-order valence-electron chi connectivity index (χ4n) is 1.82. The molecule has 2 nitrogen and oxygen atoms in total. The van der Waals surface area contributed by atoms with Crippen LogP contribution in [0.2, 0.25) is 0 Å². The number of rotatable bonds is 1. The van der Waals surface area contributed by atoms with Gasteiger partial charge in [0.2, 0.25) is 0 Å². The highest BCUT2D eigenvalue weighted by Crippen LogP contribution is 2.35. The first-order valence-corrected chi connectivity index (χ1v) is 4.57. The molecule has 74 valence electrons. The predicted octanol–water partition coefficient (Wildman–Crippen LogP) is 2.19. The molecular formula is C11H11FO2. The maximum Gasteiger partial charge on any atom is 0.303 e. The molecule has 0 spiro atoms. The standard InChI is InChI=1S/C11H11FO2/c1-7(13)14-10-6-8-4-2-3-5-9(8)11(10)12/h2-5,10-11H,6H2,1H3. The summed E-state index contributed by atoms with van der Waals surface area (Å²) < 4.78 is 18.6. The highest BCUT2D eigenvalue weighted by atomic mass is 19.1. The van der Waals surface area contributed by atoms with Gasteiger partial charge in [-0.15, -0.1) is 0 Å². The number of esters is 1. The van der Waals surface area contributed by atoms with Crippen molar-refractivity contribution in [2.75, 3.05) is 0 Å². The molecule has 1 aliphatic carbocycles. The summed E-state index contributed by atoms with van der Waals surface area (Å²) in [6, 6.07) is 7.26. The Balaban J connectivity index is 2.21. The van der Waals surface area contributed by atoms with Crippen LogP contribution >= 0.6 is 0 Å². The zero-order chi connectivity index (χ0) is 10.1. The molecule has 0 saturated carbocycles. The molecule has 14 heavy (non-hydrogen) atoms. The van der Waals surface area contributed by atoms with Gasteiger partial charge in [-0.25, -0.2) is 4.39 Å². The van der Waals surface area contributed by atoms with Crippen LogP contribution < -0.4 is 0 Å². The van der Waals surface area contributed by atoms with Crippen LogP contribution in [0.4, 0.5) is 4.39 Å². The number of carbonyl (C=O) groups excluding carboxylic acids is 1. The van der Waals surface area contributed by atoms with Crippen molar-refractivity contribution in [1.29, 1.82) is 0 Å². The molecule has 2 rings (SSSR count). The molecule has 0 saturated heterocycles. The Bertz CT molecular complexity index is 362. The lowest BCUT2D eigenvalue weighted by atomic mass is 10.1. The monoisotopic (exact) mass is 194 g/mol. The molecule has 2 unspecified atom stereocenters. The predicted molar refractivity (Wildman–Crippen MR) is 49.5 cm³/mol. The molecule has 3 heteroatoms. The number of alkyl halides is 1. The first-order valence-electron chi connectivity index (χ1n) is 4.57. The van der Waals surface area contributed by atoms with E-state index in [0.29, 0.717) is 12.0 Å². The van der Waals surface area contributed by atoms with Crippen molar-refractivity contribution < 1.29 is 13.9 Å². The number of carbonyl (C=O) groups is 1. The lowest BCUT2D eigenvalue weighted by Crippen LogP contribution is -2.18. The average Bonchev–Trinajstić information content (AvgIpc) is 2.44. The van der Waals surface area contributed by atoms with Gasteiger partial charge in [0.15, 0.2) is 6.17 Å². The van der Waals surface area contributed by atoms with Gasteiger partial charge >= 0.3 is 5.97 Å². The van der Waals surface area contributed by atoms with Crippen LogP contribution in [-0.4, -0.2) is 12.1 Å². The largest absolute Gasteiger partial charge is 0.459 e. The van der Waals surface area contributed by atoms with Gasteiger partial charge in [-0.1, -0.05) is 24.3 Å². The minimum absolute atomic E-state index is 0.426. The maximum absolute atomic E-state index is 13.7. The third-order valence-electron chi connectivity index (χ3n) is 2.42. The van der Waals surface area contributed by atoms with E-state index in [1.54, 1.807) is 12.1 Å². The highest BCUT2D eigenvalue weighted by molar-refractivity contribution is 5.66. The smallest absolute Gasteiger partial charge is 0.303 e. The Morgan fingerprint density at radius 1 is 1.50 bits per heavy atom. The number of ether oxygens (including phenoxy) is 1. The van der Waals surface area contributed by atoms with E-state index in [1.165, 1.54) is 6.92 Å².